The lowest BCUT2D eigenvalue weighted by Gasteiger charge is -2.36. The normalized spacial score (nSPS) is 19.8. The highest BCUT2D eigenvalue weighted by molar-refractivity contribution is 5.60. The average Bonchev–Trinajstić information content (AvgIpc) is 2.26. The first-order chi connectivity index (χ1) is 7.99. The molecule has 0 radical (unpaired) electrons. The highest BCUT2D eigenvalue weighted by atomic mass is 19.4. The molecule has 0 saturated heterocycles. The minimum atomic E-state index is -4.19. The van der Waals surface area contributed by atoms with Gasteiger partial charge in [0, 0.05) is 0 Å². The summed E-state index contributed by atoms with van der Waals surface area (Å²) in [4.78, 5) is 1.34. The molecule has 0 fully saturated rings. The van der Waals surface area contributed by atoms with Gasteiger partial charge in [0.15, 0.2) is 0 Å². The first-order valence-electron chi connectivity index (χ1n) is 5.57. The second-order valence-corrected chi connectivity index (χ2v) is 4.11. The number of alkyl halides is 3. The van der Waals surface area contributed by atoms with Crippen LogP contribution in [0.15, 0.2) is 24.3 Å². The van der Waals surface area contributed by atoms with E-state index >= 15 is 0 Å². The van der Waals surface area contributed by atoms with Crippen LogP contribution in [0.25, 0.3) is 0 Å². The molecule has 0 spiro atoms. The quantitative estimate of drug-likeness (QED) is 0.793. The van der Waals surface area contributed by atoms with E-state index < -0.39 is 12.7 Å². The van der Waals surface area contributed by atoms with Crippen LogP contribution in [0.1, 0.15) is 13.3 Å². The van der Waals surface area contributed by atoms with Gasteiger partial charge in [0.2, 0.25) is 0 Å². The Morgan fingerprint density at radius 3 is 2.71 bits per heavy atom. The number of hydrogen-bond donors (Lipinski definition) is 0. The molecule has 0 aromatic heterocycles. The Bertz CT molecular complexity index is 392. The number of nitrogens with zero attached hydrogens (tertiary/aromatic N) is 1. The predicted octanol–water partition coefficient (Wildman–Crippen LogP) is 3.23. The monoisotopic (exact) mass is 245 g/mol. The molecule has 5 heteroatoms. The molecule has 0 aliphatic carbocycles. The number of rotatable bonds is 2. The fourth-order valence-electron chi connectivity index (χ4n) is 1.96. The third-order valence-corrected chi connectivity index (χ3v) is 2.75. The Labute approximate surface area is 98.0 Å². The molecule has 1 aliphatic rings. The minimum Gasteiger partial charge on any atom is -0.486 e. The fourth-order valence-corrected chi connectivity index (χ4v) is 1.96. The van der Waals surface area contributed by atoms with Crippen LogP contribution < -0.4 is 9.64 Å². The molecule has 0 saturated carbocycles. The van der Waals surface area contributed by atoms with E-state index in [9.17, 15) is 13.2 Å². The Morgan fingerprint density at radius 1 is 1.35 bits per heavy atom. The molecule has 0 bridgehead atoms. The molecule has 1 atom stereocenters. The highest BCUT2D eigenvalue weighted by Gasteiger charge is 2.35. The molecule has 0 N–H and O–H groups in total. The lowest BCUT2D eigenvalue weighted by molar-refractivity contribution is -0.120. The molecule has 2 nitrogen and oxygen atoms in total. The topological polar surface area (TPSA) is 12.5 Å². The van der Waals surface area contributed by atoms with Crippen LogP contribution in [0.5, 0.6) is 5.75 Å². The summed E-state index contributed by atoms with van der Waals surface area (Å²) in [6.07, 6.45) is -3.67. The molecule has 17 heavy (non-hydrogen) atoms. The lowest BCUT2D eigenvalue weighted by atomic mass is 10.1. The Balaban J connectivity index is 2.26. The first-order valence-corrected chi connectivity index (χ1v) is 5.57. The van der Waals surface area contributed by atoms with Gasteiger partial charge in [-0.3, -0.25) is 0 Å². The highest BCUT2D eigenvalue weighted by Crippen LogP contribution is 2.35. The van der Waals surface area contributed by atoms with Crippen molar-refractivity contribution in [3.8, 4) is 5.75 Å². The van der Waals surface area contributed by atoms with Gasteiger partial charge in [-0.2, -0.15) is 13.2 Å². The van der Waals surface area contributed by atoms with Crippen LogP contribution >= 0.6 is 0 Å². The van der Waals surface area contributed by atoms with Gasteiger partial charge in [-0.1, -0.05) is 19.1 Å². The van der Waals surface area contributed by atoms with Gasteiger partial charge in [0.1, 0.15) is 18.4 Å². The van der Waals surface area contributed by atoms with E-state index in [2.05, 4.69) is 0 Å². The zero-order valence-corrected chi connectivity index (χ0v) is 9.50. The molecule has 1 heterocycles. The van der Waals surface area contributed by atoms with Crippen molar-refractivity contribution in [1.29, 1.82) is 0 Å². The number of fused-ring (bicyclic) bond motifs is 1. The van der Waals surface area contributed by atoms with Crippen LogP contribution in [0.4, 0.5) is 18.9 Å². The number of benzene rings is 1. The Morgan fingerprint density at radius 2 is 2.06 bits per heavy atom. The minimum absolute atomic E-state index is 0.174. The molecule has 1 unspecified atom stereocenters. The molecular weight excluding hydrogens is 231 g/mol. The van der Waals surface area contributed by atoms with Gasteiger partial charge < -0.3 is 9.64 Å². The fraction of sp³-hybridized carbons (Fsp3) is 0.500. The van der Waals surface area contributed by atoms with Gasteiger partial charge in [0.05, 0.1) is 12.2 Å². The largest absolute Gasteiger partial charge is 0.486 e. The number of para-hydroxylation sites is 2. The standard InChI is InChI=1S/C12H14F3NO/c1-2-9-7-16(8-12(13,14)15)10-5-3-4-6-11(10)17-9/h3-6,9H,2,7-8H2,1H3. The van der Waals surface area contributed by atoms with E-state index in [1.165, 1.54) is 4.90 Å². The molecule has 1 aromatic rings. The number of hydrogen-bond acceptors (Lipinski definition) is 2. The van der Waals surface area contributed by atoms with Crippen molar-refractivity contribution in [3.05, 3.63) is 24.3 Å². The van der Waals surface area contributed by atoms with Crippen molar-refractivity contribution in [2.45, 2.75) is 25.6 Å². The third kappa shape index (κ3) is 2.84. The maximum absolute atomic E-state index is 12.5. The van der Waals surface area contributed by atoms with E-state index in [0.29, 0.717) is 17.9 Å². The second kappa shape index (κ2) is 4.47. The zero-order chi connectivity index (χ0) is 12.5. The summed E-state index contributed by atoms with van der Waals surface area (Å²) in [5.74, 6) is 0.537. The predicted molar refractivity (Wildman–Crippen MR) is 59.4 cm³/mol. The van der Waals surface area contributed by atoms with Gasteiger partial charge in [0.25, 0.3) is 0 Å². The summed E-state index contributed by atoms with van der Waals surface area (Å²) in [7, 11) is 0. The number of halogens is 3. The summed E-state index contributed by atoms with van der Waals surface area (Å²) in [5.41, 5.74) is 0.523. The zero-order valence-electron chi connectivity index (χ0n) is 9.50. The summed E-state index contributed by atoms with van der Waals surface area (Å²) in [6.45, 7) is 1.27. The van der Waals surface area contributed by atoms with Gasteiger partial charge in [-0.05, 0) is 18.6 Å². The molecule has 1 aliphatic heterocycles. The van der Waals surface area contributed by atoms with Gasteiger partial charge in [-0.15, -0.1) is 0 Å². The van der Waals surface area contributed by atoms with Crippen molar-refractivity contribution in [2.24, 2.45) is 0 Å². The van der Waals surface area contributed by atoms with Crippen molar-refractivity contribution in [1.82, 2.24) is 0 Å². The van der Waals surface area contributed by atoms with Crippen molar-refractivity contribution >= 4 is 5.69 Å². The lowest BCUT2D eigenvalue weighted by Crippen LogP contribution is -2.44. The van der Waals surface area contributed by atoms with E-state index in [4.69, 9.17) is 4.74 Å². The van der Waals surface area contributed by atoms with Crippen LogP contribution in [0, 0.1) is 0 Å². The third-order valence-electron chi connectivity index (χ3n) is 2.75. The molecular formula is C12H14F3NO. The SMILES string of the molecule is CCC1CN(CC(F)(F)F)c2ccccc2O1. The summed E-state index contributed by atoms with van der Waals surface area (Å²) in [5, 5.41) is 0. The molecule has 1 aromatic carbocycles. The molecule has 0 amide bonds. The van der Waals surface area contributed by atoms with Crippen LogP contribution in [0.2, 0.25) is 0 Å². The van der Waals surface area contributed by atoms with Crippen LogP contribution in [0.3, 0.4) is 0 Å². The smallest absolute Gasteiger partial charge is 0.405 e. The van der Waals surface area contributed by atoms with Crippen molar-refractivity contribution < 1.29 is 17.9 Å². The van der Waals surface area contributed by atoms with Crippen molar-refractivity contribution in [2.75, 3.05) is 18.0 Å². The Kier molecular flexibility index (Phi) is 3.17. The van der Waals surface area contributed by atoms with E-state index in [-0.39, 0.29) is 12.6 Å². The first kappa shape index (κ1) is 12.1. The molecule has 94 valence electrons. The summed E-state index contributed by atoms with van der Waals surface area (Å²) < 4.78 is 43.1. The van der Waals surface area contributed by atoms with E-state index in [1.807, 2.05) is 6.92 Å². The number of ether oxygens (including phenoxy) is 1. The van der Waals surface area contributed by atoms with E-state index in [0.717, 1.165) is 0 Å². The van der Waals surface area contributed by atoms with Crippen molar-refractivity contribution in [3.63, 3.8) is 0 Å². The Hall–Kier alpha value is -1.39. The maximum Gasteiger partial charge on any atom is 0.405 e. The van der Waals surface area contributed by atoms with Crippen LogP contribution in [-0.4, -0.2) is 25.4 Å². The summed E-state index contributed by atoms with van der Waals surface area (Å²) in [6, 6.07) is 6.86. The molecule has 2 rings (SSSR count). The summed E-state index contributed by atoms with van der Waals surface area (Å²) >= 11 is 0. The van der Waals surface area contributed by atoms with E-state index in [1.54, 1.807) is 24.3 Å². The second-order valence-electron chi connectivity index (χ2n) is 4.11. The van der Waals surface area contributed by atoms with Gasteiger partial charge >= 0.3 is 6.18 Å². The maximum atomic E-state index is 12.5. The number of anilines is 1. The average molecular weight is 245 g/mol. The van der Waals surface area contributed by atoms with Gasteiger partial charge in [-0.25, -0.2) is 0 Å². The van der Waals surface area contributed by atoms with Crippen LogP contribution in [-0.2, 0) is 0 Å².